The molecule has 1 aromatic rings. The van der Waals surface area contributed by atoms with Gasteiger partial charge in [-0.25, -0.2) is 0 Å². The number of benzene rings is 1. The Morgan fingerprint density at radius 2 is 1.65 bits per heavy atom. The molecule has 3 amide bonds. The van der Waals surface area contributed by atoms with E-state index in [1.807, 2.05) is 43.3 Å². The van der Waals surface area contributed by atoms with Crippen LogP contribution >= 0.6 is 0 Å². The van der Waals surface area contributed by atoms with Crippen molar-refractivity contribution >= 4 is 29.1 Å². The number of nitrogens with zero attached hydrogens (tertiary/aromatic N) is 2. The van der Waals surface area contributed by atoms with Crippen molar-refractivity contribution in [1.29, 1.82) is 0 Å². The molecule has 5 atom stereocenters. The SMILES string of the molecule is CC[C@@H]1C=C[C@H]2[C@H](C(=O)N(CCCCCCO)[C@@H]2C(=O)Nc2ccc(N(CC)CC)cc2)[C@@H]1C(=O)NC. The van der Waals surface area contributed by atoms with Crippen LogP contribution in [0.25, 0.3) is 0 Å². The Morgan fingerprint density at radius 3 is 2.24 bits per heavy atom. The third-order valence-electron chi connectivity index (χ3n) is 7.97. The molecule has 0 unspecified atom stereocenters. The van der Waals surface area contributed by atoms with Crippen LogP contribution in [0.4, 0.5) is 11.4 Å². The van der Waals surface area contributed by atoms with E-state index in [0.717, 1.165) is 50.9 Å². The predicted molar refractivity (Wildman–Crippen MR) is 147 cm³/mol. The van der Waals surface area contributed by atoms with E-state index in [1.54, 1.807) is 11.9 Å². The third-order valence-corrected chi connectivity index (χ3v) is 7.97. The molecule has 0 saturated carbocycles. The van der Waals surface area contributed by atoms with Crippen LogP contribution in [-0.4, -0.2) is 67.1 Å². The van der Waals surface area contributed by atoms with E-state index in [0.29, 0.717) is 12.2 Å². The van der Waals surface area contributed by atoms with E-state index in [-0.39, 0.29) is 36.2 Å². The smallest absolute Gasteiger partial charge is 0.247 e. The molecule has 2 aliphatic rings. The highest BCUT2D eigenvalue weighted by atomic mass is 16.3. The number of unbranched alkanes of at least 4 members (excludes halogenated alkanes) is 3. The Labute approximate surface area is 221 Å². The van der Waals surface area contributed by atoms with Gasteiger partial charge in [-0.3, -0.25) is 14.4 Å². The second-order valence-electron chi connectivity index (χ2n) is 10.0. The van der Waals surface area contributed by atoms with Crippen LogP contribution in [-0.2, 0) is 14.4 Å². The van der Waals surface area contributed by atoms with Gasteiger partial charge in [-0.05, 0) is 63.3 Å². The Hall–Kier alpha value is -2.87. The van der Waals surface area contributed by atoms with Gasteiger partial charge in [0.05, 0.1) is 11.8 Å². The molecule has 37 heavy (non-hydrogen) atoms. The fourth-order valence-electron chi connectivity index (χ4n) is 5.96. The lowest BCUT2D eigenvalue weighted by molar-refractivity contribution is -0.140. The fourth-order valence-corrected chi connectivity index (χ4v) is 5.96. The van der Waals surface area contributed by atoms with Crippen molar-refractivity contribution < 1.29 is 19.5 Å². The number of aliphatic hydroxyl groups is 1. The molecule has 3 rings (SSSR count). The third kappa shape index (κ3) is 6.35. The van der Waals surface area contributed by atoms with Crippen LogP contribution in [0.2, 0.25) is 0 Å². The van der Waals surface area contributed by atoms with Gasteiger partial charge in [0.15, 0.2) is 0 Å². The number of allylic oxidation sites excluding steroid dienone is 1. The minimum Gasteiger partial charge on any atom is -0.396 e. The molecular weight excluding hydrogens is 468 g/mol. The summed E-state index contributed by atoms with van der Waals surface area (Å²) in [5.41, 5.74) is 1.78. The molecular formula is C29H44N4O4. The summed E-state index contributed by atoms with van der Waals surface area (Å²) in [6, 6.07) is 7.13. The molecule has 1 aromatic carbocycles. The second kappa shape index (κ2) is 13.6. The van der Waals surface area contributed by atoms with Crippen LogP contribution in [0.1, 0.15) is 52.9 Å². The monoisotopic (exact) mass is 512 g/mol. The van der Waals surface area contributed by atoms with E-state index in [2.05, 4.69) is 29.4 Å². The zero-order valence-electron chi connectivity index (χ0n) is 22.8. The molecule has 0 radical (unpaired) electrons. The van der Waals surface area contributed by atoms with E-state index in [1.165, 1.54) is 0 Å². The summed E-state index contributed by atoms with van der Waals surface area (Å²) in [6.45, 7) is 8.66. The van der Waals surface area contributed by atoms with Gasteiger partial charge in [0.1, 0.15) is 6.04 Å². The van der Waals surface area contributed by atoms with Gasteiger partial charge in [0, 0.05) is 50.6 Å². The summed E-state index contributed by atoms with van der Waals surface area (Å²) in [7, 11) is 1.60. The topological polar surface area (TPSA) is 102 Å². The van der Waals surface area contributed by atoms with Crippen molar-refractivity contribution in [3.05, 3.63) is 36.4 Å². The highest BCUT2D eigenvalue weighted by Crippen LogP contribution is 2.45. The maximum Gasteiger partial charge on any atom is 0.247 e. The van der Waals surface area contributed by atoms with Gasteiger partial charge in [0.2, 0.25) is 17.7 Å². The first-order valence-electron chi connectivity index (χ1n) is 13.9. The molecule has 1 heterocycles. The van der Waals surface area contributed by atoms with Crippen molar-refractivity contribution in [3.8, 4) is 0 Å². The number of hydrogen-bond acceptors (Lipinski definition) is 5. The number of amides is 3. The summed E-state index contributed by atoms with van der Waals surface area (Å²) < 4.78 is 0. The predicted octanol–water partition coefficient (Wildman–Crippen LogP) is 3.43. The zero-order chi connectivity index (χ0) is 26.9. The molecule has 0 spiro atoms. The minimum atomic E-state index is -0.668. The maximum atomic E-state index is 13.8. The average molecular weight is 513 g/mol. The first-order chi connectivity index (χ1) is 17.9. The number of nitrogens with one attached hydrogen (secondary N) is 2. The summed E-state index contributed by atoms with van der Waals surface area (Å²) >= 11 is 0. The summed E-state index contributed by atoms with van der Waals surface area (Å²) in [5, 5.41) is 14.9. The molecule has 8 heteroatoms. The van der Waals surface area contributed by atoms with E-state index in [4.69, 9.17) is 5.11 Å². The Kier molecular flexibility index (Phi) is 10.6. The lowest BCUT2D eigenvalue weighted by Gasteiger charge is -2.33. The van der Waals surface area contributed by atoms with Crippen LogP contribution in [0.5, 0.6) is 0 Å². The quantitative estimate of drug-likeness (QED) is 0.278. The van der Waals surface area contributed by atoms with Crippen LogP contribution < -0.4 is 15.5 Å². The lowest BCUT2D eigenvalue weighted by Crippen LogP contribution is -2.45. The minimum absolute atomic E-state index is 0.0361. The number of carbonyl (C=O) groups excluding carboxylic acids is 3. The standard InChI is InChI=1S/C29H44N4O4/c1-5-20-12-17-23-25(24(20)27(35)30-4)29(37)33(18-10-8-9-11-19-34)26(23)28(36)31-21-13-15-22(16-14-21)32(6-2)7-3/h12-17,20,23-26,34H,5-11,18-19H2,1-4H3,(H,30,35)(H,31,36)/t20-,23+,24-,25+,26+/m1/s1. The van der Waals surface area contributed by atoms with E-state index in [9.17, 15) is 14.4 Å². The van der Waals surface area contributed by atoms with Gasteiger partial charge >= 0.3 is 0 Å². The second-order valence-corrected chi connectivity index (χ2v) is 10.0. The maximum absolute atomic E-state index is 13.8. The summed E-state index contributed by atoms with van der Waals surface area (Å²) in [5.74, 6) is -1.90. The van der Waals surface area contributed by atoms with Gasteiger partial charge < -0.3 is 25.5 Å². The van der Waals surface area contributed by atoms with Crippen molar-refractivity contribution in [3.63, 3.8) is 0 Å². The van der Waals surface area contributed by atoms with Gasteiger partial charge in [-0.1, -0.05) is 31.9 Å². The summed E-state index contributed by atoms with van der Waals surface area (Å²) in [4.78, 5) is 44.4. The molecule has 8 nitrogen and oxygen atoms in total. The van der Waals surface area contributed by atoms with Gasteiger partial charge in [0.25, 0.3) is 0 Å². The molecule has 1 saturated heterocycles. The molecule has 1 aliphatic heterocycles. The summed E-state index contributed by atoms with van der Waals surface area (Å²) in [6.07, 6.45) is 7.99. The van der Waals surface area contributed by atoms with Crippen LogP contribution in [0, 0.1) is 23.7 Å². The molecule has 3 N–H and O–H groups in total. The Balaban J connectivity index is 1.86. The van der Waals surface area contributed by atoms with Gasteiger partial charge in [-0.2, -0.15) is 0 Å². The van der Waals surface area contributed by atoms with Crippen molar-refractivity contribution in [2.45, 2.75) is 58.9 Å². The highest BCUT2D eigenvalue weighted by Gasteiger charge is 2.56. The number of rotatable bonds is 13. The number of hydrogen-bond donors (Lipinski definition) is 3. The molecule has 1 aliphatic carbocycles. The normalized spacial score (nSPS) is 24.6. The molecule has 0 bridgehead atoms. The number of carbonyl (C=O) groups is 3. The Morgan fingerprint density at radius 1 is 0.973 bits per heavy atom. The largest absolute Gasteiger partial charge is 0.396 e. The molecule has 204 valence electrons. The van der Waals surface area contributed by atoms with E-state index >= 15 is 0 Å². The Bertz CT molecular complexity index is 944. The number of fused-ring (bicyclic) bond motifs is 1. The average Bonchev–Trinajstić information content (AvgIpc) is 3.20. The van der Waals surface area contributed by atoms with Crippen molar-refractivity contribution in [2.75, 3.05) is 43.5 Å². The number of likely N-dealkylation sites (tertiary alicyclic amines) is 1. The van der Waals surface area contributed by atoms with Crippen molar-refractivity contribution in [1.82, 2.24) is 10.2 Å². The molecule has 1 fully saturated rings. The van der Waals surface area contributed by atoms with Crippen molar-refractivity contribution in [2.24, 2.45) is 23.7 Å². The highest BCUT2D eigenvalue weighted by molar-refractivity contribution is 6.02. The fraction of sp³-hybridized carbons (Fsp3) is 0.621. The van der Waals surface area contributed by atoms with E-state index < -0.39 is 17.9 Å². The van der Waals surface area contributed by atoms with Crippen LogP contribution in [0.15, 0.2) is 36.4 Å². The van der Waals surface area contributed by atoms with Gasteiger partial charge in [-0.15, -0.1) is 0 Å². The van der Waals surface area contributed by atoms with Crippen LogP contribution in [0.3, 0.4) is 0 Å². The first-order valence-corrected chi connectivity index (χ1v) is 13.9. The lowest BCUT2D eigenvalue weighted by atomic mass is 9.69. The molecule has 0 aromatic heterocycles. The first kappa shape index (κ1) is 28.7. The zero-order valence-corrected chi connectivity index (χ0v) is 22.8. The number of aliphatic hydroxyl groups excluding tert-OH is 1. The number of anilines is 2.